The lowest BCUT2D eigenvalue weighted by Crippen LogP contribution is -2.21. The van der Waals surface area contributed by atoms with Gasteiger partial charge in [-0.3, -0.25) is 0 Å². The summed E-state index contributed by atoms with van der Waals surface area (Å²) in [4.78, 5) is 21.8. The van der Waals surface area contributed by atoms with E-state index in [0.717, 1.165) is 88.6 Å². The van der Waals surface area contributed by atoms with Crippen LogP contribution in [-0.4, -0.2) is 19.9 Å². The number of hydrogen-bond acceptors (Lipinski definition) is 4. The Balaban J connectivity index is 0.968. The van der Waals surface area contributed by atoms with Gasteiger partial charge in [0, 0.05) is 43.8 Å². The van der Waals surface area contributed by atoms with Crippen molar-refractivity contribution >= 4 is 91.3 Å². The number of fused-ring (bicyclic) bond motifs is 6. The van der Waals surface area contributed by atoms with Crippen molar-refractivity contribution in [2.24, 2.45) is 0 Å². The molecule has 0 atom stereocenters. The van der Waals surface area contributed by atoms with Gasteiger partial charge in [0.25, 0.3) is 0 Å². The van der Waals surface area contributed by atoms with Gasteiger partial charge in [-0.05, 0) is 109 Å². The summed E-state index contributed by atoms with van der Waals surface area (Å²) in [5.74, 6) is 0. The minimum Gasteiger partial charge on any atom is -0.245 e. The number of benzene rings is 9. The molecule has 6 heteroatoms. The fourth-order valence-corrected chi connectivity index (χ4v) is 14.7. The second-order valence-electron chi connectivity index (χ2n) is 18.4. The van der Waals surface area contributed by atoms with Gasteiger partial charge < -0.3 is 0 Å². The SMILES string of the molecule is Cc1cccc(-c2ccc3ccc4ccc(-c5cc(-c6ccc7ccc8ccc(-c9cccc(P(c%10ccccc%10)c%10ccccc%10)c9)nc8c7n6)cc(P(c6ccccc6)c6ccccc6)c5)nc4c3n2)c1. The van der Waals surface area contributed by atoms with Gasteiger partial charge in [0.15, 0.2) is 0 Å². The van der Waals surface area contributed by atoms with Crippen LogP contribution in [0.3, 0.4) is 0 Å². The van der Waals surface area contributed by atoms with Crippen LogP contribution in [-0.2, 0) is 0 Å². The molecule has 4 nitrogen and oxygen atoms in total. The summed E-state index contributed by atoms with van der Waals surface area (Å²) in [5.41, 5.74) is 12.5. The average molecular weight is 969 g/mol. The number of aryl methyl sites for hydroxylation is 1. The van der Waals surface area contributed by atoms with Gasteiger partial charge in [-0.2, -0.15) is 0 Å². The van der Waals surface area contributed by atoms with E-state index < -0.39 is 15.8 Å². The second-order valence-corrected chi connectivity index (χ2v) is 22.8. The Hall–Kier alpha value is -8.52. The molecular weight excluding hydrogens is 923 g/mol. The summed E-state index contributed by atoms with van der Waals surface area (Å²) < 4.78 is 0. The van der Waals surface area contributed by atoms with E-state index in [1.54, 1.807) is 0 Å². The van der Waals surface area contributed by atoms with Crippen LogP contribution in [0.4, 0.5) is 0 Å². The van der Waals surface area contributed by atoms with Gasteiger partial charge in [-0.15, -0.1) is 0 Å². The van der Waals surface area contributed by atoms with E-state index in [-0.39, 0.29) is 0 Å². The molecule has 0 fully saturated rings. The number of aromatic nitrogens is 4. The molecule has 0 saturated heterocycles. The van der Waals surface area contributed by atoms with Gasteiger partial charge in [0.2, 0.25) is 0 Å². The number of nitrogens with zero attached hydrogens (tertiary/aromatic N) is 4. The van der Waals surface area contributed by atoms with Gasteiger partial charge in [-0.1, -0.05) is 212 Å². The lowest BCUT2D eigenvalue weighted by atomic mass is 10.0. The summed E-state index contributed by atoms with van der Waals surface area (Å²) in [5, 5.41) is 11.9. The molecule has 73 heavy (non-hydrogen) atoms. The van der Waals surface area contributed by atoms with Crippen LogP contribution in [0.2, 0.25) is 0 Å². The molecule has 0 bridgehead atoms. The number of pyridine rings is 4. The largest absolute Gasteiger partial charge is 0.245 e. The first-order valence-electron chi connectivity index (χ1n) is 24.6. The minimum atomic E-state index is -0.964. The van der Waals surface area contributed by atoms with Gasteiger partial charge in [0.05, 0.1) is 44.8 Å². The van der Waals surface area contributed by atoms with E-state index in [9.17, 15) is 0 Å². The van der Waals surface area contributed by atoms with Crippen LogP contribution in [0.5, 0.6) is 0 Å². The van der Waals surface area contributed by atoms with Crippen molar-refractivity contribution in [3.8, 4) is 45.0 Å². The van der Waals surface area contributed by atoms with Gasteiger partial charge >= 0.3 is 0 Å². The normalized spacial score (nSPS) is 11.6. The Kier molecular flexibility index (Phi) is 11.7. The van der Waals surface area contributed by atoms with E-state index in [1.165, 1.54) is 37.4 Å². The molecule has 0 aliphatic heterocycles. The summed E-state index contributed by atoms with van der Waals surface area (Å²) >= 11 is 0. The summed E-state index contributed by atoms with van der Waals surface area (Å²) in [6, 6.07) is 93.9. The molecule has 0 N–H and O–H groups in total. The van der Waals surface area contributed by atoms with Gasteiger partial charge in [-0.25, -0.2) is 19.9 Å². The Labute approximate surface area is 427 Å². The topological polar surface area (TPSA) is 51.6 Å². The smallest absolute Gasteiger partial charge is 0.0972 e. The fourth-order valence-electron chi connectivity index (χ4n) is 10.0. The Morgan fingerprint density at radius 3 is 0.918 bits per heavy atom. The molecule has 9 aromatic carbocycles. The van der Waals surface area contributed by atoms with Crippen molar-refractivity contribution in [1.82, 2.24) is 19.9 Å². The minimum absolute atomic E-state index is 0.778. The molecular formula is C67H46N4P2. The third-order valence-corrected chi connectivity index (χ3v) is 18.4. The van der Waals surface area contributed by atoms with Crippen LogP contribution in [0.25, 0.3) is 88.6 Å². The Morgan fingerprint density at radius 2 is 0.534 bits per heavy atom. The average Bonchev–Trinajstić information content (AvgIpc) is 3.46. The van der Waals surface area contributed by atoms with E-state index >= 15 is 0 Å². The number of rotatable bonds is 10. The molecule has 4 heterocycles. The quantitative estimate of drug-likeness (QED) is 0.101. The zero-order valence-corrected chi connectivity index (χ0v) is 41.8. The zero-order chi connectivity index (χ0) is 48.7. The summed E-state index contributed by atoms with van der Waals surface area (Å²) in [7, 11) is -1.74. The molecule has 0 aliphatic rings. The first kappa shape index (κ1) is 44.4. The zero-order valence-electron chi connectivity index (χ0n) is 40.0. The third-order valence-electron chi connectivity index (χ3n) is 13.6. The maximum absolute atomic E-state index is 5.57. The van der Waals surface area contributed by atoms with E-state index in [4.69, 9.17) is 19.9 Å². The predicted molar refractivity (Wildman–Crippen MR) is 312 cm³/mol. The Morgan fingerprint density at radius 1 is 0.233 bits per heavy atom. The van der Waals surface area contributed by atoms with Crippen molar-refractivity contribution in [2.75, 3.05) is 0 Å². The first-order valence-corrected chi connectivity index (χ1v) is 27.3. The maximum atomic E-state index is 5.57. The van der Waals surface area contributed by atoms with Crippen molar-refractivity contribution in [3.63, 3.8) is 0 Å². The molecule has 13 rings (SSSR count). The van der Waals surface area contributed by atoms with Crippen molar-refractivity contribution in [2.45, 2.75) is 6.92 Å². The maximum Gasteiger partial charge on any atom is 0.0972 e. The van der Waals surface area contributed by atoms with Crippen molar-refractivity contribution in [3.05, 3.63) is 266 Å². The standard InChI is InChI=1S/C67H46N4P2/c1-45-16-14-17-50(40-45)60-36-32-46-28-30-48-34-38-62(70-66(48)64(46)68-60)52-41-53(44-59(43-52)73(56-23-10-4-11-24-56)57-25-12-5-13-26-57)63-39-35-49-31-29-47-33-37-61(69-65(47)67(49)71-63)51-18-15-27-58(42-51)72(54-19-6-2-7-20-54)55-21-8-3-9-22-55/h2-44H,1H3. The monoisotopic (exact) mass is 968 g/mol. The highest BCUT2D eigenvalue weighted by Crippen LogP contribution is 2.39. The lowest BCUT2D eigenvalue weighted by molar-refractivity contribution is 1.35. The molecule has 0 radical (unpaired) electrons. The Bertz CT molecular complexity index is 4090. The molecule has 13 aromatic rings. The molecule has 0 saturated carbocycles. The fraction of sp³-hybridized carbons (Fsp3) is 0.0149. The van der Waals surface area contributed by atoms with E-state index in [2.05, 4.69) is 268 Å². The second kappa shape index (κ2) is 19.2. The third kappa shape index (κ3) is 8.76. The molecule has 0 spiro atoms. The first-order chi connectivity index (χ1) is 36.1. The predicted octanol–water partition coefficient (Wildman–Crippen LogP) is 14.4. The highest BCUT2D eigenvalue weighted by molar-refractivity contribution is 7.80. The highest BCUT2D eigenvalue weighted by Gasteiger charge is 2.21. The van der Waals surface area contributed by atoms with E-state index in [0.29, 0.717) is 0 Å². The number of hydrogen-bond donors (Lipinski definition) is 0. The lowest BCUT2D eigenvalue weighted by Gasteiger charge is -2.21. The van der Waals surface area contributed by atoms with Crippen LogP contribution in [0, 0.1) is 6.92 Å². The van der Waals surface area contributed by atoms with Crippen LogP contribution in [0.1, 0.15) is 5.56 Å². The van der Waals surface area contributed by atoms with Crippen LogP contribution in [0.15, 0.2) is 261 Å². The van der Waals surface area contributed by atoms with Crippen molar-refractivity contribution < 1.29 is 0 Å². The summed E-state index contributed by atoms with van der Waals surface area (Å²) in [6.45, 7) is 2.12. The van der Waals surface area contributed by atoms with Crippen molar-refractivity contribution in [1.29, 1.82) is 0 Å². The highest BCUT2D eigenvalue weighted by atomic mass is 31.1. The molecule has 344 valence electrons. The molecule has 0 aliphatic carbocycles. The molecule has 0 amide bonds. The van der Waals surface area contributed by atoms with Crippen LogP contribution < -0.4 is 31.8 Å². The van der Waals surface area contributed by atoms with E-state index in [1.807, 2.05) is 0 Å². The van der Waals surface area contributed by atoms with Gasteiger partial charge in [0.1, 0.15) is 0 Å². The van der Waals surface area contributed by atoms with Crippen LogP contribution >= 0.6 is 15.8 Å². The summed E-state index contributed by atoms with van der Waals surface area (Å²) in [6.07, 6.45) is 0. The molecule has 4 aromatic heterocycles. The molecule has 0 unspecified atom stereocenters.